The maximum absolute atomic E-state index is 8.99. The normalized spacial score (nSPS) is 12.4. The van der Waals surface area contributed by atoms with Gasteiger partial charge < -0.3 is 20.1 Å². The lowest BCUT2D eigenvalue weighted by Gasteiger charge is -2.26. The molecule has 0 spiro atoms. The summed E-state index contributed by atoms with van der Waals surface area (Å²) in [5, 5.41) is 27.0. The van der Waals surface area contributed by atoms with Crippen molar-refractivity contribution >= 4 is 0 Å². The Morgan fingerprint density at radius 1 is 1.07 bits per heavy atom. The molecule has 0 fully saturated rings. The summed E-state index contributed by atoms with van der Waals surface area (Å²) in [6.45, 7) is 4.20. The number of aliphatic hydroxyl groups excluding tert-OH is 3. The summed E-state index contributed by atoms with van der Waals surface area (Å²) >= 11 is 0. The summed E-state index contributed by atoms with van der Waals surface area (Å²) in [5.74, 6) is 0.571. The lowest BCUT2D eigenvalue weighted by atomic mass is 9.93. The second-order valence-corrected chi connectivity index (χ2v) is 4.21. The van der Waals surface area contributed by atoms with Crippen LogP contribution in [0.4, 0.5) is 0 Å². The fourth-order valence-electron chi connectivity index (χ4n) is 0.895. The van der Waals surface area contributed by atoms with Crippen molar-refractivity contribution in [3.05, 3.63) is 0 Å². The molecule has 14 heavy (non-hydrogen) atoms. The van der Waals surface area contributed by atoms with Gasteiger partial charge in [0, 0.05) is 6.61 Å². The van der Waals surface area contributed by atoms with Crippen LogP contribution >= 0.6 is 0 Å². The lowest BCUT2D eigenvalue weighted by Crippen LogP contribution is -2.38. The topological polar surface area (TPSA) is 69.9 Å². The number of rotatable bonds is 8. The van der Waals surface area contributed by atoms with Gasteiger partial charge in [-0.15, -0.1) is 0 Å². The van der Waals surface area contributed by atoms with Crippen LogP contribution in [-0.2, 0) is 4.74 Å². The van der Waals surface area contributed by atoms with E-state index < -0.39 is 5.41 Å². The van der Waals surface area contributed by atoms with E-state index in [4.69, 9.17) is 20.1 Å². The predicted octanol–water partition coefficient (Wildman–Crippen LogP) is 0.0124. The van der Waals surface area contributed by atoms with E-state index in [1.54, 1.807) is 0 Å². The molecular weight excluding hydrogens is 184 g/mol. The van der Waals surface area contributed by atoms with Crippen LogP contribution in [-0.4, -0.2) is 48.4 Å². The molecule has 0 aliphatic carbocycles. The first-order valence-electron chi connectivity index (χ1n) is 5.00. The molecule has 0 heterocycles. The molecule has 0 aromatic rings. The predicted molar refractivity (Wildman–Crippen MR) is 54.0 cm³/mol. The van der Waals surface area contributed by atoms with Crippen molar-refractivity contribution in [2.45, 2.75) is 20.3 Å². The Morgan fingerprint density at radius 3 is 1.93 bits per heavy atom. The van der Waals surface area contributed by atoms with Gasteiger partial charge in [-0.25, -0.2) is 0 Å². The van der Waals surface area contributed by atoms with Crippen LogP contribution in [0.5, 0.6) is 0 Å². The van der Waals surface area contributed by atoms with E-state index >= 15 is 0 Å². The molecule has 0 saturated heterocycles. The van der Waals surface area contributed by atoms with Crippen molar-refractivity contribution in [2.75, 3.05) is 33.0 Å². The van der Waals surface area contributed by atoms with Crippen molar-refractivity contribution in [1.29, 1.82) is 0 Å². The minimum atomic E-state index is -0.892. The molecule has 86 valence electrons. The van der Waals surface area contributed by atoms with Crippen molar-refractivity contribution in [1.82, 2.24) is 0 Å². The molecule has 0 atom stereocenters. The van der Waals surface area contributed by atoms with Crippen LogP contribution in [0.3, 0.4) is 0 Å². The first-order chi connectivity index (χ1) is 6.60. The molecule has 0 unspecified atom stereocenters. The van der Waals surface area contributed by atoms with Crippen LogP contribution in [0.25, 0.3) is 0 Å². The highest BCUT2D eigenvalue weighted by Crippen LogP contribution is 2.15. The maximum atomic E-state index is 8.99. The SMILES string of the molecule is CC(C)CCOCC(CO)(CO)CO. The summed E-state index contributed by atoms with van der Waals surface area (Å²) in [7, 11) is 0. The molecule has 0 bridgehead atoms. The molecule has 4 nitrogen and oxygen atoms in total. The van der Waals surface area contributed by atoms with E-state index in [-0.39, 0.29) is 26.4 Å². The van der Waals surface area contributed by atoms with Crippen LogP contribution in [0.15, 0.2) is 0 Å². The summed E-state index contributed by atoms with van der Waals surface area (Å²) in [6.07, 6.45) is 0.943. The Labute approximate surface area is 85.5 Å². The molecule has 0 aliphatic heterocycles. The Kier molecular flexibility index (Phi) is 7.09. The fraction of sp³-hybridized carbons (Fsp3) is 1.00. The van der Waals surface area contributed by atoms with Gasteiger partial charge >= 0.3 is 0 Å². The van der Waals surface area contributed by atoms with E-state index in [9.17, 15) is 0 Å². The average Bonchev–Trinajstić information content (AvgIpc) is 2.19. The third-order valence-corrected chi connectivity index (χ3v) is 2.25. The van der Waals surface area contributed by atoms with Gasteiger partial charge in [0.25, 0.3) is 0 Å². The average molecular weight is 206 g/mol. The zero-order valence-electron chi connectivity index (χ0n) is 9.07. The minimum absolute atomic E-state index is 0.198. The van der Waals surface area contributed by atoms with Gasteiger partial charge in [0.05, 0.1) is 31.8 Å². The van der Waals surface area contributed by atoms with Crippen LogP contribution < -0.4 is 0 Å². The molecule has 4 heteroatoms. The van der Waals surface area contributed by atoms with E-state index in [1.165, 1.54) is 0 Å². The smallest absolute Gasteiger partial charge is 0.0629 e. The highest BCUT2D eigenvalue weighted by atomic mass is 16.5. The van der Waals surface area contributed by atoms with Crippen LogP contribution in [0, 0.1) is 11.3 Å². The van der Waals surface area contributed by atoms with E-state index in [2.05, 4.69) is 13.8 Å². The molecule has 0 radical (unpaired) electrons. The van der Waals surface area contributed by atoms with Crippen molar-refractivity contribution < 1.29 is 20.1 Å². The van der Waals surface area contributed by atoms with Crippen LogP contribution in [0.1, 0.15) is 20.3 Å². The Bertz CT molecular complexity index is 124. The van der Waals surface area contributed by atoms with Crippen molar-refractivity contribution in [3.63, 3.8) is 0 Å². The maximum Gasteiger partial charge on any atom is 0.0629 e. The molecule has 0 aromatic heterocycles. The molecule has 0 amide bonds. The fourth-order valence-corrected chi connectivity index (χ4v) is 0.895. The number of aliphatic hydroxyl groups is 3. The van der Waals surface area contributed by atoms with E-state index in [1.807, 2.05) is 0 Å². The van der Waals surface area contributed by atoms with Gasteiger partial charge in [0.15, 0.2) is 0 Å². The van der Waals surface area contributed by atoms with Crippen molar-refractivity contribution in [2.24, 2.45) is 11.3 Å². The van der Waals surface area contributed by atoms with Crippen molar-refractivity contribution in [3.8, 4) is 0 Å². The molecule has 0 saturated carbocycles. The van der Waals surface area contributed by atoms with Crippen LogP contribution in [0.2, 0.25) is 0 Å². The van der Waals surface area contributed by atoms with E-state index in [0.29, 0.717) is 12.5 Å². The highest BCUT2D eigenvalue weighted by Gasteiger charge is 2.28. The monoisotopic (exact) mass is 206 g/mol. The molecule has 3 N–H and O–H groups in total. The lowest BCUT2D eigenvalue weighted by molar-refractivity contribution is -0.0590. The van der Waals surface area contributed by atoms with E-state index in [0.717, 1.165) is 6.42 Å². The highest BCUT2D eigenvalue weighted by molar-refractivity contribution is 4.76. The van der Waals surface area contributed by atoms with Gasteiger partial charge in [-0.2, -0.15) is 0 Å². The summed E-state index contributed by atoms with van der Waals surface area (Å²) in [6, 6.07) is 0. The Balaban J connectivity index is 3.71. The third-order valence-electron chi connectivity index (χ3n) is 2.25. The molecular formula is C10H22O4. The van der Waals surface area contributed by atoms with Gasteiger partial charge in [-0.1, -0.05) is 13.8 Å². The van der Waals surface area contributed by atoms with Gasteiger partial charge in [-0.05, 0) is 12.3 Å². The largest absolute Gasteiger partial charge is 0.396 e. The first-order valence-corrected chi connectivity index (χ1v) is 5.00. The minimum Gasteiger partial charge on any atom is -0.396 e. The Morgan fingerprint density at radius 2 is 1.57 bits per heavy atom. The zero-order valence-corrected chi connectivity index (χ0v) is 9.07. The Hall–Kier alpha value is -0.160. The number of hydrogen-bond acceptors (Lipinski definition) is 4. The number of hydrogen-bond donors (Lipinski definition) is 3. The second kappa shape index (κ2) is 7.17. The quantitative estimate of drug-likeness (QED) is 0.489. The molecule has 0 aliphatic rings. The molecule has 0 rings (SSSR count). The summed E-state index contributed by atoms with van der Waals surface area (Å²) in [4.78, 5) is 0. The number of ether oxygens (including phenoxy) is 1. The molecule has 0 aromatic carbocycles. The summed E-state index contributed by atoms with van der Waals surface area (Å²) < 4.78 is 5.30. The third kappa shape index (κ3) is 4.91. The van der Waals surface area contributed by atoms with Gasteiger partial charge in [-0.3, -0.25) is 0 Å². The standard InChI is InChI=1S/C10H22O4/c1-9(2)3-4-14-8-10(5-11,6-12)7-13/h9,11-13H,3-8H2,1-2H3. The van der Waals surface area contributed by atoms with Gasteiger partial charge in [0.1, 0.15) is 0 Å². The zero-order chi connectivity index (χ0) is 11.0. The summed E-state index contributed by atoms with van der Waals surface area (Å²) in [5.41, 5.74) is -0.892. The first kappa shape index (κ1) is 13.8. The van der Waals surface area contributed by atoms with Gasteiger partial charge in [0.2, 0.25) is 0 Å². The second-order valence-electron chi connectivity index (χ2n) is 4.21.